The van der Waals surface area contributed by atoms with Gasteiger partial charge in [0.15, 0.2) is 0 Å². The van der Waals surface area contributed by atoms with Crippen molar-refractivity contribution in [2.75, 3.05) is 5.51 Å². The normalized spacial score (nSPS) is 13.9. The van der Waals surface area contributed by atoms with E-state index in [2.05, 4.69) is 116 Å². The molecule has 0 aliphatic carbocycles. The molecule has 1 atom stereocenters. The summed E-state index contributed by atoms with van der Waals surface area (Å²) in [6.45, 7) is 25.5. The molecule has 0 N–H and O–H groups in total. The first-order chi connectivity index (χ1) is 17.7. The first-order valence-corrected chi connectivity index (χ1v) is 26.1. The van der Waals surface area contributed by atoms with Gasteiger partial charge >= 0.3 is 251 Å². The van der Waals surface area contributed by atoms with E-state index in [9.17, 15) is 0 Å². The molecule has 0 saturated heterocycles. The second-order valence-electron chi connectivity index (χ2n) is 13.5. The molecule has 1 aromatic carbocycles. The summed E-state index contributed by atoms with van der Waals surface area (Å²) >= 11 is -2.35. The van der Waals surface area contributed by atoms with Crippen molar-refractivity contribution in [3.05, 3.63) is 30.3 Å². The molecule has 1 rings (SSSR count). The van der Waals surface area contributed by atoms with Crippen LogP contribution in [0.25, 0.3) is 0 Å². The molecule has 0 spiro atoms. The Morgan fingerprint density at radius 2 is 1.26 bits per heavy atom. The Morgan fingerprint density at radius 1 is 0.789 bits per heavy atom. The first-order valence-electron chi connectivity index (χ1n) is 15.1. The van der Waals surface area contributed by atoms with Crippen LogP contribution in [0.2, 0.25) is 23.4 Å². The SMILES string of the molecule is CCC[CH2][Sn]([C]#CC(O[Si](C(C)(C)C)C(C)(C)C)C(C)(C)OC[Se]c1ccccc1)([CH2]CCC)[CH2]CCC. The zero-order valence-corrected chi connectivity index (χ0v) is 32.3. The Labute approximate surface area is 250 Å². The number of benzene rings is 1. The second kappa shape index (κ2) is 17.3. The van der Waals surface area contributed by atoms with E-state index >= 15 is 0 Å². The zero-order chi connectivity index (χ0) is 28.9. The van der Waals surface area contributed by atoms with Crippen molar-refractivity contribution in [1.82, 2.24) is 0 Å². The molecular weight excluding hydrogens is 654 g/mol. The maximum absolute atomic E-state index is 7.20. The zero-order valence-electron chi connectivity index (χ0n) is 26.8. The van der Waals surface area contributed by atoms with Gasteiger partial charge in [-0.2, -0.15) is 0 Å². The summed E-state index contributed by atoms with van der Waals surface area (Å²) in [5.74, 6) is 3.88. The molecule has 1 radical (unpaired) electrons. The van der Waals surface area contributed by atoms with Gasteiger partial charge < -0.3 is 0 Å². The number of ether oxygens (including phenoxy) is 1. The van der Waals surface area contributed by atoms with Gasteiger partial charge in [0, 0.05) is 0 Å². The third-order valence-electron chi connectivity index (χ3n) is 7.12. The average Bonchev–Trinajstić information content (AvgIpc) is 2.83. The van der Waals surface area contributed by atoms with E-state index in [-0.39, 0.29) is 31.1 Å². The summed E-state index contributed by atoms with van der Waals surface area (Å²) in [5.41, 5.74) is 0.294. The average molecular weight is 714 g/mol. The van der Waals surface area contributed by atoms with E-state index in [1.807, 2.05) is 0 Å². The van der Waals surface area contributed by atoms with Crippen molar-refractivity contribution in [1.29, 1.82) is 0 Å². The van der Waals surface area contributed by atoms with E-state index in [4.69, 9.17) is 9.16 Å². The van der Waals surface area contributed by atoms with Crippen LogP contribution in [0.4, 0.5) is 0 Å². The minimum absolute atomic E-state index is 0.111. The van der Waals surface area contributed by atoms with Gasteiger partial charge in [0.2, 0.25) is 0 Å². The molecule has 0 aromatic heterocycles. The molecule has 2 nitrogen and oxygen atoms in total. The summed E-state index contributed by atoms with van der Waals surface area (Å²) in [5, 5.41) is 0.222. The third kappa shape index (κ3) is 13.3. The van der Waals surface area contributed by atoms with E-state index in [1.165, 1.54) is 56.3 Å². The predicted octanol–water partition coefficient (Wildman–Crippen LogP) is 9.14. The van der Waals surface area contributed by atoms with Crippen LogP contribution in [0.3, 0.4) is 0 Å². The summed E-state index contributed by atoms with van der Waals surface area (Å²) < 4.78 is 23.6. The Balaban J connectivity index is 3.42. The Bertz CT molecular complexity index is 797. The maximum atomic E-state index is 7.20. The topological polar surface area (TPSA) is 18.5 Å². The van der Waals surface area contributed by atoms with E-state index in [1.54, 1.807) is 0 Å². The molecule has 0 heterocycles. The Hall–Kier alpha value is 0.235. The molecule has 0 aliphatic heterocycles. The van der Waals surface area contributed by atoms with Crippen molar-refractivity contribution in [3.63, 3.8) is 0 Å². The fourth-order valence-corrected chi connectivity index (χ4v) is 23.7. The van der Waals surface area contributed by atoms with Gasteiger partial charge in [-0.1, -0.05) is 0 Å². The number of hydrogen-bond donors (Lipinski definition) is 0. The minimum atomic E-state index is -2.63. The van der Waals surface area contributed by atoms with Gasteiger partial charge in [0.05, 0.1) is 0 Å². The summed E-state index contributed by atoms with van der Waals surface area (Å²) in [4.78, 5) is 0. The second-order valence-corrected chi connectivity index (χ2v) is 31.8. The fourth-order valence-electron chi connectivity index (χ4n) is 5.11. The molecule has 0 amide bonds. The van der Waals surface area contributed by atoms with Crippen molar-refractivity contribution >= 4 is 46.8 Å². The molecule has 0 aliphatic rings. The van der Waals surface area contributed by atoms with Crippen molar-refractivity contribution in [2.24, 2.45) is 0 Å². The third-order valence-corrected chi connectivity index (χ3v) is 25.2. The van der Waals surface area contributed by atoms with Crippen LogP contribution in [0.15, 0.2) is 30.3 Å². The predicted molar refractivity (Wildman–Crippen MR) is 175 cm³/mol. The molecule has 5 heteroatoms. The molecule has 1 unspecified atom stereocenters. The van der Waals surface area contributed by atoms with E-state index < -0.39 is 33.0 Å². The number of hydrogen-bond acceptors (Lipinski definition) is 2. The van der Waals surface area contributed by atoms with Gasteiger partial charge in [-0.25, -0.2) is 0 Å². The van der Waals surface area contributed by atoms with Crippen LogP contribution in [0, 0.1) is 9.86 Å². The first kappa shape index (κ1) is 36.3. The molecule has 0 saturated carbocycles. The summed E-state index contributed by atoms with van der Waals surface area (Å²) in [7, 11) is -1.20. The molecule has 38 heavy (non-hydrogen) atoms. The van der Waals surface area contributed by atoms with Gasteiger partial charge in [-0.05, 0) is 0 Å². The quantitative estimate of drug-likeness (QED) is 0.126. The molecule has 0 bridgehead atoms. The summed E-state index contributed by atoms with van der Waals surface area (Å²) in [6.07, 6.45) is 7.64. The van der Waals surface area contributed by atoms with Crippen LogP contribution < -0.4 is 4.46 Å². The van der Waals surface area contributed by atoms with Gasteiger partial charge in [0.1, 0.15) is 0 Å². The molecular formula is C33H59O2SeSiSn. The molecule has 0 fully saturated rings. The monoisotopic (exact) mass is 715 g/mol. The van der Waals surface area contributed by atoms with Crippen LogP contribution in [-0.2, 0) is 9.16 Å². The van der Waals surface area contributed by atoms with Gasteiger partial charge in [-0.15, -0.1) is 0 Å². The van der Waals surface area contributed by atoms with Crippen molar-refractivity contribution in [2.45, 2.75) is 150 Å². The Morgan fingerprint density at radius 3 is 1.68 bits per heavy atom. The Kier molecular flexibility index (Phi) is 16.5. The van der Waals surface area contributed by atoms with Crippen LogP contribution in [-0.4, -0.2) is 59.6 Å². The number of unbranched alkanes of at least 4 members (excludes halogenated alkanes) is 3. The van der Waals surface area contributed by atoms with Gasteiger partial charge in [0.25, 0.3) is 0 Å². The van der Waals surface area contributed by atoms with E-state index in [0.29, 0.717) is 0 Å². The standard InChI is InChI=1S/C21H32O2SeSi.3C4H9.Sn/c1-10-18(23-25(19(2,3)4)20(5,6)7)21(8,9)22-16-24-17-14-12-11-13-15-17;3*1-3-4-2;/h11-15,18H,16H2,2-9H3;3*1,3-4H2,2H3;. The van der Waals surface area contributed by atoms with Gasteiger partial charge in [-0.3, -0.25) is 0 Å². The number of rotatable bonds is 16. The van der Waals surface area contributed by atoms with E-state index in [0.717, 1.165) is 5.51 Å². The molecule has 1 aromatic rings. The van der Waals surface area contributed by atoms with Crippen molar-refractivity contribution in [3.8, 4) is 9.86 Å². The van der Waals surface area contributed by atoms with Crippen molar-refractivity contribution < 1.29 is 9.16 Å². The van der Waals surface area contributed by atoms with Crippen LogP contribution in [0.5, 0.6) is 0 Å². The summed E-state index contributed by atoms with van der Waals surface area (Å²) in [6, 6.07) is 10.7. The van der Waals surface area contributed by atoms with Crippen LogP contribution in [0.1, 0.15) is 115 Å². The van der Waals surface area contributed by atoms with Crippen LogP contribution >= 0.6 is 0 Å². The fraction of sp³-hybridized carbons (Fsp3) is 0.758. The molecule has 217 valence electrons.